The summed E-state index contributed by atoms with van der Waals surface area (Å²) in [7, 11) is 0. The van der Waals surface area contributed by atoms with Crippen LogP contribution in [-0.4, -0.2) is 47.2 Å². The lowest BCUT2D eigenvalue weighted by Gasteiger charge is -2.09. The highest BCUT2D eigenvalue weighted by Crippen LogP contribution is 2.15. The third-order valence-corrected chi connectivity index (χ3v) is 3.24. The SMILES string of the molecule is O=C(CNC(=O)c1ccccc1Br)NCCC(O)C(=O)O. The third kappa shape index (κ3) is 5.92. The Hall–Kier alpha value is -1.93. The van der Waals surface area contributed by atoms with Crippen molar-refractivity contribution >= 4 is 33.7 Å². The van der Waals surface area contributed by atoms with Gasteiger partial charge in [0, 0.05) is 17.4 Å². The van der Waals surface area contributed by atoms with Gasteiger partial charge >= 0.3 is 5.97 Å². The molecule has 0 aliphatic rings. The summed E-state index contributed by atoms with van der Waals surface area (Å²) in [5, 5.41) is 22.3. The van der Waals surface area contributed by atoms with Crippen LogP contribution in [0.5, 0.6) is 0 Å². The number of halogens is 1. The van der Waals surface area contributed by atoms with Gasteiger partial charge in [0.1, 0.15) is 0 Å². The van der Waals surface area contributed by atoms with Crippen molar-refractivity contribution in [1.82, 2.24) is 10.6 Å². The molecule has 1 atom stereocenters. The maximum atomic E-state index is 11.8. The van der Waals surface area contributed by atoms with Gasteiger partial charge in [0.25, 0.3) is 5.91 Å². The van der Waals surface area contributed by atoms with Gasteiger partial charge in [-0.3, -0.25) is 9.59 Å². The van der Waals surface area contributed by atoms with Crippen LogP contribution >= 0.6 is 15.9 Å². The maximum Gasteiger partial charge on any atom is 0.332 e. The molecule has 0 aromatic heterocycles. The van der Waals surface area contributed by atoms with Crippen LogP contribution in [0.1, 0.15) is 16.8 Å². The summed E-state index contributed by atoms with van der Waals surface area (Å²) in [5.74, 6) is -2.21. The summed E-state index contributed by atoms with van der Waals surface area (Å²) in [6.45, 7) is -0.222. The minimum Gasteiger partial charge on any atom is -0.479 e. The van der Waals surface area contributed by atoms with Gasteiger partial charge in [-0.25, -0.2) is 4.79 Å². The number of carbonyl (C=O) groups is 3. The minimum absolute atomic E-state index is 0.0111. The Morgan fingerprint density at radius 3 is 2.48 bits per heavy atom. The lowest BCUT2D eigenvalue weighted by molar-refractivity contribution is -0.147. The summed E-state index contributed by atoms with van der Waals surface area (Å²) in [6, 6.07) is 6.79. The topological polar surface area (TPSA) is 116 Å². The molecular weight excluding hydrogens is 344 g/mol. The normalized spacial score (nSPS) is 11.5. The van der Waals surface area contributed by atoms with E-state index in [1.54, 1.807) is 24.3 Å². The molecule has 0 fully saturated rings. The molecule has 0 aliphatic heterocycles. The smallest absolute Gasteiger partial charge is 0.332 e. The van der Waals surface area contributed by atoms with E-state index < -0.39 is 23.9 Å². The van der Waals surface area contributed by atoms with Crippen molar-refractivity contribution in [2.75, 3.05) is 13.1 Å². The third-order valence-electron chi connectivity index (χ3n) is 2.55. The Morgan fingerprint density at radius 2 is 1.86 bits per heavy atom. The summed E-state index contributed by atoms with van der Waals surface area (Å²) >= 11 is 3.23. The highest BCUT2D eigenvalue weighted by molar-refractivity contribution is 9.10. The Labute approximate surface area is 129 Å². The van der Waals surface area contributed by atoms with Crippen LogP contribution in [0.15, 0.2) is 28.7 Å². The van der Waals surface area contributed by atoms with Gasteiger partial charge in [0.15, 0.2) is 6.10 Å². The fourth-order valence-electron chi connectivity index (χ4n) is 1.44. The van der Waals surface area contributed by atoms with Gasteiger partial charge in [-0.15, -0.1) is 0 Å². The molecule has 1 aromatic rings. The molecule has 0 aliphatic carbocycles. The fourth-order valence-corrected chi connectivity index (χ4v) is 1.90. The predicted molar refractivity (Wildman–Crippen MR) is 77.7 cm³/mol. The van der Waals surface area contributed by atoms with Crippen molar-refractivity contribution in [3.63, 3.8) is 0 Å². The molecule has 0 bridgehead atoms. The molecule has 2 amide bonds. The molecule has 1 aromatic carbocycles. The molecule has 8 heteroatoms. The summed E-state index contributed by atoms with van der Waals surface area (Å²) in [5.41, 5.74) is 0.409. The molecule has 0 spiro atoms. The molecule has 0 saturated heterocycles. The number of hydrogen-bond acceptors (Lipinski definition) is 4. The molecular formula is C13H15BrN2O5. The number of nitrogens with one attached hydrogen (secondary N) is 2. The molecule has 0 heterocycles. The number of carbonyl (C=O) groups excluding carboxylic acids is 2. The van der Waals surface area contributed by atoms with Crippen LogP contribution in [0.4, 0.5) is 0 Å². The van der Waals surface area contributed by atoms with E-state index in [0.29, 0.717) is 10.0 Å². The quantitative estimate of drug-likeness (QED) is 0.552. The van der Waals surface area contributed by atoms with Crippen LogP contribution in [0.3, 0.4) is 0 Å². The van der Waals surface area contributed by atoms with Crippen LogP contribution < -0.4 is 10.6 Å². The number of aliphatic hydroxyl groups is 1. The lowest BCUT2D eigenvalue weighted by Crippen LogP contribution is -2.38. The number of carboxylic acids is 1. The number of amides is 2. The van der Waals surface area contributed by atoms with Crippen molar-refractivity contribution in [3.05, 3.63) is 34.3 Å². The zero-order valence-corrected chi connectivity index (χ0v) is 12.6. The van der Waals surface area contributed by atoms with Crippen molar-refractivity contribution in [1.29, 1.82) is 0 Å². The van der Waals surface area contributed by atoms with Crippen LogP contribution in [0.25, 0.3) is 0 Å². The Morgan fingerprint density at radius 1 is 1.19 bits per heavy atom. The average molecular weight is 359 g/mol. The van der Waals surface area contributed by atoms with Crippen molar-refractivity contribution in [3.8, 4) is 0 Å². The zero-order chi connectivity index (χ0) is 15.8. The predicted octanol–water partition coefficient (Wildman–Crippen LogP) is 0.131. The van der Waals surface area contributed by atoms with E-state index in [9.17, 15) is 14.4 Å². The van der Waals surface area contributed by atoms with Crippen molar-refractivity contribution in [2.45, 2.75) is 12.5 Å². The second-order valence-electron chi connectivity index (χ2n) is 4.16. The average Bonchev–Trinajstić information content (AvgIpc) is 2.45. The molecule has 114 valence electrons. The van der Waals surface area contributed by atoms with E-state index in [4.69, 9.17) is 10.2 Å². The fraction of sp³-hybridized carbons (Fsp3) is 0.308. The van der Waals surface area contributed by atoms with Crippen molar-refractivity contribution in [2.24, 2.45) is 0 Å². The molecule has 4 N–H and O–H groups in total. The number of hydrogen-bond donors (Lipinski definition) is 4. The van der Waals surface area contributed by atoms with Gasteiger partial charge in [-0.1, -0.05) is 12.1 Å². The van der Waals surface area contributed by atoms with Crippen LogP contribution in [-0.2, 0) is 9.59 Å². The lowest BCUT2D eigenvalue weighted by atomic mass is 10.2. The highest BCUT2D eigenvalue weighted by Gasteiger charge is 2.14. The first-order valence-corrected chi connectivity index (χ1v) is 6.91. The standard InChI is InChI=1S/C13H15BrN2O5/c14-9-4-2-1-3-8(9)12(19)16-7-11(18)15-6-5-10(17)13(20)21/h1-4,10,17H,5-7H2,(H,15,18)(H,16,19)(H,20,21). The van der Waals surface area contributed by atoms with Gasteiger partial charge in [-0.05, 0) is 28.1 Å². The summed E-state index contributed by atoms with van der Waals surface area (Å²) < 4.78 is 0.618. The second kappa shape index (κ2) is 8.38. The molecule has 7 nitrogen and oxygen atoms in total. The highest BCUT2D eigenvalue weighted by atomic mass is 79.9. The first-order valence-electron chi connectivity index (χ1n) is 6.12. The van der Waals surface area contributed by atoms with E-state index in [1.165, 1.54) is 0 Å². The molecule has 0 radical (unpaired) electrons. The number of carboxylic acid groups (broad SMARTS) is 1. The van der Waals surface area contributed by atoms with E-state index in [2.05, 4.69) is 26.6 Å². The summed E-state index contributed by atoms with van der Waals surface area (Å²) in [6.07, 6.45) is -1.61. The minimum atomic E-state index is -1.51. The number of aliphatic carboxylic acids is 1. The molecule has 1 unspecified atom stereocenters. The Kier molecular flexibility index (Phi) is 6.83. The second-order valence-corrected chi connectivity index (χ2v) is 5.01. The monoisotopic (exact) mass is 358 g/mol. The molecule has 21 heavy (non-hydrogen) atoms. The molecule has 0 saturated carbocycles. The van der Waals surface area contributed by atoms with E-state index in [1.807, 2.05) is 0 Å². The van der Waals surface area contributed by atoms with Gasteiger partial charge in [0.2, 0.25) is 5.91 Å². The first-order chi connectivity index (χ1) is 9.91. The first kappa shape index (κ1) is 17.1. The Balaban J connectivity index is 2.32. The van der Waals surface area contributed by atoms with Crippen LogP contribution in [0, 0.1) is 0 Å². The number of benzene rings is 1. The van der Waals surface area contributed by atoms with E-state index in [-0.39, 0.29) is 19.5 Å². The summed E-state index contributed by atoms with van der Waals surface area (Å²) in [4.78, 5) is 33.6. The zero-order valence-electron chi connectivity index (χ0n) is 11.0. The van der Waals surface area contributed by atoms with Gasteiger partial charge in [-0.2, -0.15) is 0 Å². The van der Waals surface area contributed by atoms with Crippen LogP contribution in [0.2, 0.25) is 0 Å². The maximum absolute atomic E-state index is 11.8. The number of rotatable bonds is 7. The Bertz CT molecular complexity index is 535. The number of aliphatic hydroxyl groups excluding tert-OH is 1. The van der Waals surface area contributed by atoms with E-state index in [0.717, 1.165) is 0 Å². The van der Waals surface area contributed by atoms with E-state index >= 15 is 0 Å². The van der Waals surface area contributed by atoms with Crippen molar-refractivity contribution < 1.29 is 24.6 Å². The molecule has 1 rings (SSSR count). The van der Waals surface area contributed by atoms with Gasteiger partial charge in [0.05, 0.1) is 12.1 Å². The largest absolute Gasteiger partial charge is 0.479 e. The van der Waals surface area contributed by atoms with Gasteiger partial charge < -0.3 is 20.8 Å².